The number of fused-ring (bicyclic) bond motifs is 2. The number of carbonyl (C=O) groups is 2. The number of nitrogens with zero attached hydrogens (tertiary/aromatic N) is 6. The number of hydrogen-bond donors (Lipinski definition) is 2. The topological polar surface area (TPSA) is 100 Å². The molecule has 2 N–H and O–H groups in total. The molecular weight excluding hydrogens is 564 g/mol. The Morgan fingerprint density at radius 3 is 2.47 bits per heavy atom. The maximum absolute atomic E-state index is 14.1. The van der Waals surface area contributed by atoms with Crippen LogP contribution in [-0.2, 0) is 17.8 Å². The van der Waals surface area contributed by atoms with E-state index in [1.807, 2.05) is 42.3 Å². The Bertz CT molecular complexity index is 1530. The summed E-state index contributed by atoms with van der Waals surface area (Å²) in [4.78, 5) is 41.2. The van der Waals surface area contributed by atoms with Crippen LogP contribution in [0.4, 0.5) is 10.5 Å². The molecule has 10 nitrogen and oxygen atoms in total. The molecule has 1 atom stereocenters. The van der Waals surface area contributed by atoms with E-state index in [4.69, 9.17) is 4.99 Å². The highest BCUT2D eigenvalue weighted by atomic mass is 16.2. The molecule has 0 saturated carbocycles. The monoisotopic (exact) mass is 610 g/mol. The molecule has 0 bridgehead atoms. The van der Waals surface area contributed by atoms with Gasteiger partial charge >= 0.3 is 6.03 Å². The van der Waals surface area contributed by atoms with E-state index in [2.05, 4.69) is 48.4 Å². The first-order chi connectivity index (χ1) is 22.0. The first kappa shape index (κ1) is 29.8. The molecule has 5 heterocycles. The van der Waals surface area contributed by atoms with Crippen molar-refractivity contribution in [2.24, 2.45) is 4.99 Å². The fourth-order valence-electron chi connectivity index (χ4n) is 7.80. The minimum Gasteiger partial charge on any atom is -0.360 e. The maximum Gasteiger partial charge on any atom is 0.322 e. The van der Waals surface area contributed by atoms with Crippen molar-refractivity contribution >= 4 is 34.4 Å². The Balaban J connectivity index is 1.03. The van der Waals surface area contributed by atoms with Gasteiger partial charge in [-0.25, -0.2) is 4.79 Å². The van der Waals surface area contributed by atoms with E-state index in [0.717, 1.165) is 85.4 Å². The van der Waals surface area contributed by atoms with Gasteiger partial charge in [-0.15, -0.1) is 0 Å². The lowest BCUT2D eigenvalue weighted by Gasteiger charge is -2.41. The second kappa shape index (κ2) is 13.2. The van der Waals surface area contributed by atoms with Gasteiger partial charge in [0.25, 0.3) is 0 Å². The second-order valence-corrected chi connectivity index (χ2v) is 13.3. The first-order valence-electron chi connectivity index (χ1n) is 16.9. The van der Waals surface area contributed by atoms with Gasteiger partial charge in [-0.3, -0.25) is 14.9 Å². The third-order valence-corrected chi connectivity index (χ3v) is 10.5. The van der Waals surface area contributed by atoms with Crippen molar-refractivity contribution in [3.8, 4) is 0 Å². The number of aromatic nitrogens is 2. The largest absolute Gasteiger partial charge is 0.360 e. The molecule has 238 valence electrons. The average Bonchev–Trinajstić information content (AvgIpc) is 3.56. The summed E-state index contributed by atoms with van der Waals surface area (Å²) in [7, 11) is 0. The molecule has 10 heteroatoms. The summed E-state index contributed by atoms with van der Waals surface area (Å²) in [5.74, 6) is 1.05. The normalized spacial score (nSPS) is 21.6. The Hall–Kier alpha value is -3.92. The highest BCUT2D eigenvalue weighted by Gasteiger charge is 2.34. The van der Waals surface area contributed by atoms with E-state index in [9.17, 15) is 9.59 Å². The van der Waals surface area contributed by atoms with E-state index in [-0.39, 0.29) is 18.0 Å². The standard InChI is InChI=1S/C35H46N8O2/c1-25(40-17-13-30(14-18-40)43-24-27-7-3-4-8-31(27)38-35(43)45)37-33(22-26-9-10-32-28(21-26)23-36-39-32)34(44)42-19-11-29(12-20-42)41-15-5-2-6-16-41/h3-4,7-10,21,23,29-30,33H,2,5-6,11-20,22,24H2,1H3,(H,36,39)(H,38,45)/t33-/m1/s1. The molecule has 3 fully saturated rings. The van der Waals surface area contributed by atoms with Crippen molar-refractivity contribution in [3.05, 3.63) is 59.8 Å². The lowest BCUT2D eigenvalue weighted by molar-refractivity contribution is -0.134. The van der Waals surface area contributed by atoms with Crippen LogP contribution in [0, 0.1) is 0 Å². The quantitative estimate of drug-likeness (QED) is 0.306. The van der Waals surface area contributed by atoms with Crippen LogP contribution in [0.5, 0.6) is 0 Å². The summed E-state index contributed by atoms with van der Waals surface area (Å²) in [5, 5.41) is 11.3. The van der Waals surface area contributed by atoms with Gasteiger partial charge in [-0.1, -0.05) is 30.7 Å². The minimum absolute atomic E-state index is 0.0122. The van der Waals surface area contributed by atoms with E-state index >= 15 is 0 Å². The summed E-state index contributed by atoms with van der Waals surface area (Å²) < 4.78 is 0. The molecule has 3 aromatic rings. The smallest absolute Gasteiger partial charge is 0.322 e. The average molecular weight is 611 g/mol. The number of benzene rings is 2. The van der Waals surface area contributed by atoms with E-state index in [1.165, 1.54) is 32.4 Å². The second-order valence-electron chi connectivity index (χ2n) is 13.3. The van der Waals surface area contributed by atoms with E-state index < -0.39 is 6.04 Å². The number of anilines is 1. The Labute approximate surface area is 265 Å². The third kappa shape index (κ3) is 6.57. The lowest BCUT2D eigenvalue weighted by atomic mass is 9.98. The van der Waals surface area contributed by atoms with Crippen LogP contribution in [0.3, 0.4) is 0 Å². The molecule has 4 aliphatic heterocycles. The number of aromatic amines is 1. The molecule has 4 aliphatic rings. The van der Waals surface area contributed by atoms with Crippen LogP contribution in [0.15, 0.2) is 53.7 Å². The van der Waals surface area contributed by atoms with Gasteiger partial charge in [0.2, 0.25) is 5.91 Å². The van der Waals surface area contributed by atoms with Crippen molar-refractivity contribution in [2.75, 3.05) is 44.6 Å². The first-order valence-corrected chi connectivity index (χ1v) is 16.9. The van der Waals surface area contributed by atoms with Crippen LogP contribution in [-0.4, -0.2) is 105 Å². The van der Waals surface area contributed by atoms with Crippen LogP contribution in [0.1, 0.15) is 63.0 Å². The van der Waals surface area contributed by atoms with E-state index in [1.54, 1.807) is 0 Å². The molecule has 0 aliphatic carbocycles. The van der Waals surface area contributed by atoms with Crippen LogP contribution in [0.2, 0.25) is 0 Å². The fourth-order valence-corrected chi connectivity index (χ4v) is 7.80. The summed E-state index contributed by atoms with van der Waals surface area (Å²) in [5.41, 5.74) is 4.16. The molecular formula is C35H46N8O2. The summed E-state index contributed by atoms with van der Waals surface area (Å²) in [6.45, 7) is 8.33. The van der Waals surface area contributed by atoms with Crippen molar-refractivity contribution in [3.63, 3.8) is 0 Å². The molecule has 7 rings (SSSR count). The number of H-pyrrole nitrogens is 1. The van der Waals surface area contributed by atoms with Gasteiger partial charge < -0.3 is 24.9 Å². The molecule has 0 unspecified atom stereocenters. The van der Waals surface area contributed by atoms with Gasteiger partial charge in [0.15, 0.2) is 0 Å². The van der Waals surface area contributed by atoms with Gasteiger partial charge in [0, 0.05) is 62.3 Å². The highest BCUT2D eigenvalue weighted by Crippen LogP contribution is 2.28. The number of piperidine rings is 3. The molecule has 45 heavy (non-hydrogen) atoms. The Kier molecular flexibility index (Phi) is 8.74. The van der Waals surface area contributed by atoms with Gasteiger partial charge in [0.05, 0.1) is 17.5 Å². The maximum atomic E-state index is 14.1. The Morgan fingerprint density at radius 2 is 1.67 bits per heavy atom. The van der Waals surface area contributed by atoms with Crippen LogP contribution in [0.25, 0.3) is 10.9 Å². The molecule has 3 saturated heterocycles. The van der Waals surface area contributed by atoms with E-state index in [0.29, 0.717) is 19.0 Å². The lowest BCUT2D eigenvalue weighted by Crippen LogP contribution is -2.51. The highest BCUT2D eigenvalue weighted by molar-refractivity contribution is 5.92. The summed E-state index contributed by atoms with van der Waals surface area (Å²) in [6.07, 6.45) is 10.2. The molecule has 0 spiro atoms. The van der Waals surface area contributed by atoms with Crippen molar-refractivity contribution in [1.29, 1.82) is 0 Å². The number of rotatable bonds is 6. The number of hydrogen-bond acceptors (Lipinski definition) is 5. The molecule has 1 aromatic heterocycles. The van der Waals surface area contributed by atoms with Crippen molar-refractivity contribution in [2.45, 2.75) is 83.0 Å². The number of para-hydroxylation sites is 1. The number of likely N-dealkylation sites (tertiary alicyclic amines) is 3. The van der Waals surface area contributed by atoms with Gasteiger partial charge in [0.1, 0.15) is 6.04 Å². The Morgan fingerprint density at radius 1 is 0.933 bits per heavy atom. The predicted octanol–water partition coefficient (Wildman–Crippen LogP) is 4.88. The number of carbonyl (C=O) groups excluding carboxylic acids is 2. The van der Waals surface area contributed by atoms with Crippen molar-refractivity contribution in [1.82, 2.24) is 29.8 Å². The summed E-state index contributed by atoms with van der Waals surface area (Å²) >= 11 is 0. The van der Waals surface area contributed by atoms with Gasteiger partial charge in [-0.2, -0.15) is 5.10 Å². The number of aliphatic imine (C=N–C) groups is 1. The predicted molar refractivity (Wildman–Crippen MR) is 177 cm³/mol. The number of amides is 3. The SMILES string of the molecule is CC(=N[C@H](Cc1ccc2[nH]ncc2c1)C(=O)N1CCC(N2CCCCC2)CC1)N1CCC(N2Cc3ccccc3NC2=O)CC1. The van der Waals surface area contributed by atoms with Gasteiger partial charge in [-0.05, 0) is 87.9 Å². The van der Waals surface area contributed by atoms with Crippen LogP contribution < -0.4 is 5.32 Å². The number of nitrogens with one attached hydrogen (secondary N) is 2. The molecule has 0 radical (unpaired) electrons. The van der Waals surface area contributed by atoms with Crippen LogP contribution >= 0.6 is 0 Å². The zero-order valence-corrected chi connectivity index (χ0v) is 26.5. The number of amidine groups is 1. The zero-order chi connectivity index (χ0) is 30.8. The number of urea groups is 1. The fraction of sp³-hybridized carbons (Fsp3) is 0.543. The molecule has 2 aromatic carbocycles. The third-order valence-electron chi connectivity index (χ3n) is 10.5. The minimum atomic E-state index is -0.469. The summed E-state index contributed by atoms with van der Waals surface area (Å²) in [6, 6.07) is 14.6. The zero-order valence-electron chi connectivity index (χ0n) is 26.5. The van der Waals surface area contributed by atoms with Crippen molar-refractivity contribution < 1.29 is 9.59 Å². The molecule has 3 amide bonds.